The number of nitrogens with zero attached hydrogens (tertiary/aromatic N) is 1. The molecule has 2 aliphatic heterocycles. The molecule has 0 bridgehead atoms. The monoisotopic (exact) mass is 276 g/mol. The molecule has 0 aromatic carbocycles. The summed E-state index contributed by atoms with van der Waals surface area (Å²) >= 11 is 0. The van der Waals surface area contributed by atoms with Gasteiger partial charge in [0.1, 0.15) is 0 Å². The highest BCUT2D eigenvalue weighted by atomic mass is 32.2. The normalized spacial score (nSPS) is 34.6. The van der Waals surface area contributed by atoms with Crippen LogP contribution in [0.1, 0.15) is 33.1 Å². The second-order valence-corrected chi connectivity index (χ2v) is 7.71. The molecule has 0 aromatic rings. The van der Waals surface area contributed by atoms with Gasteiger partial charge in [0, 0.05) is 31.8 Å². The summed E-state index contributed by atoms with van der Waals surface area (Å²) < 4.78 is 31.3. The Hall–Kier alpha value is -0.170. The van der Waals surface area contributed by atoms with E-state index < -0.39 is 10.0 Å². The van der Waals surface area contributed by atoms with E-state index in [9.17, 15) is 8.42 Å². The summed E-state index contributed by atoms with van der Waals surface area (Å²) in [4.78, 5) is 2.41. The first-order chi connectivity index (χ1) is 8.30. The minimum absolute atomic E-state index is 0.0286. The van der Waals surface area contributed by atoms with Gasteiger partial charge in [-0.2, -0.15) is 0 Å². The first-order valence-corrected chi connectivity index (χ1v) is 8.54. The van der Waals surface area contributed by atoms with Crippen LogP contribution in [0.4, 0.5) is 0 Å². The molecule has 0 amide bonds. The molecule has 18 heavy (non-hydrogen) atoms. The van der Waals surface area contributed by atoms with Gasteiger partial charge in [-0.3, -0.25) is 4.90 Å². The predicted octanol–water partition coefficient (Wildman–Crippen LogP) is 0.568. The number of sulfonamides is 1. The Morgan fingerprint density at radius 1 is 1.44 bits per heavy atom. The fourth-order valence-electron chi connectivity index (χ4n) is 3.03. The smallest absolute Gasteiger partial charge is 0.208 e. The lowest BCUT2D eigenvalue weighted by atomic mass is 9.90. The van der Waals surface area contributed by atoms with Crippen molar-refractivity contribution in [1.29, 1.82) is 0 Å². The van der Waals surface area contributed by atoms with Crippen LogP contribution in [0.15, 0.2) is 0 Å². The second kappa shape index (κ2) is 5.07. The summed E-state index contributed by atoms with van der Waals surface area (Å²) in [5.74, 6) is 0. The molecule has 2 aliphatic rings. The van der Waals surface area contributed by atoms with Gasteiger partial charge in [0.05, 0.1) is 11.9 Å². The van der Waals surface area contributed by atoms with Crippen LogP contribution in [0.25, 0.3) is 0 Å². The quantitative estimate of drug-likeness (QED) is 0.818. The second-order valence-electron chi connectivity index (χ2n) is 5.93. The SMILES string of the molecule is CC(C)N1CC[C@@]2(C[C@@H](NS(C)(=O)=O)CCO2)C1. The number of likely N-dealkylation sites (tertiary alicyclic amines) is 1. The van der Waals surface area contributed by atoms with Crippen molar-refractivity contribution in [2.75, 3.05) is 26.0 Å². The molecular weight excluding hydrogens is 252 g/mol. The molecule has 0 unspecified atom stereocenters. The number of rotatable bonds is 3. The lowest BCUT2D eigenvalue weighted by molar-refractivity contribution is -0.0787. The average molecular weight is 276 g/mol. The van der Waals surface area contributed by atoms with E-state index in [0.29, 0.717) is 12.6 Å². The van der Waals surface area contributed by atoms with Crippen LogP contribution in [-0.2, 0) is 14.8 Å². The van der Waals surface area contributed by atoms with Crippen molar-refractivity contribution in [3.8, 4) is 0 Å². The molecular formula is C12H24N2O3S. The van der Waals surface area contributed by atoms with E-state index in [1.165, 1.54) is 6.26 Å². The van der Waals surface area contributed by atoms with Crippen LogP contribution >= 0.6 is 0 Å². The Morgan fingerprint density at radius 2 is 2.17 bits per heavy atom. The largest absolute Gasteiger partial charge is 0.373 e. The Labute approximate surface area is 110 Å². The maximum Gasteiger partial charge on any atom is 0.208 e. The summed E-state index contributed by atoms with van der Waals surface area (Å²) in [7, 11) is -3.12. The first kappa shape index (κ1) is 14.2. The molecule has 2 fully saturated rings. The third kappa shape index (κ3) is 3.44. The highest BCUT2D eigenvalue weighted by Gasteiger charge is 2.44. The Morgan fingerprint density at radius 3 is 2.72 bits per heavy atom. The van der Waals surface area contributed by atoms with E-state index in [0.717, 1.165) is 32.4 Å². The molecule has 5 nitrogen and oxygen atoms in total. The highest BCUT2D eigenvalue weighted by molar-refractivity contribution is 7.88. The minimum Gasteiger partial charge on any atom is -0.373 e. The van der Waals surface area contributed by atoms with Crippen molar-refractivity contribution < 1.29 is 13.2 Å². The zero-order valence-electron chi connectivity index (χ0n) is 11.5. The molecule has 1 N–H and O–H groups in total. The topological polar surface area (TPSA) is 58.6 Å². The summed E-state index contributed by atoms with van der Waals surface area (Å²) in [6.07, 6.45) is 3.80. The number of ether oxygens (including phenoxy) is 1. The summed E-state index contributed by atoms with van der Waals surface area (Å²) in [6, 6.07) is 0.553. The molecule has 0 aliphatic carbocycles. The van der Waals surface area contributed by atoms with Crippen LogP contribution < -0.4 is 4.72 Å². The molecule has 0 saturated carbocycles. The van der Waals surface area contributed by atoms with Crippen molar-refractivity contribution in [3.63, 3.8) is 0 Å². The minimum atomic E-state index is -3.12. The van der Waals surface area contributed by atoms with Gasteiger partial charge in [0.15, 0.2) is 0 Å². The van der Waals surface area contributed by atoms with E-state index in [4.69, 9.17) is 4.74 Å². The fourth-order valence-corrected chi connectivity index (χ4v) is 3.84. The fraction of sp³-hybridized carbons (Fsp3) is 1.00. The molecule has 2 saturated heterocycles. The van der Waals surface area contributed by atoms with Gasteiger partial charge in [-0.1, -0.05) is 0 Å². The van der Waals surface area contributed by atoms with Gasteiger partial charge in [0.25, 0.3) is 0 Å². The van der Waals surface area contributed by atoms with Gasteiger partial charge in [0.2, 0.25) is 10.0 Å². The van der Waals surface area contributed by atoms with Crippen LogP contribution in [0.2, 0.25) is 0 Å². The highest BCUT2D eigenvalue weighted by Crippen LogP contribution is 2.35. The van der Waals surface area contributed by atoms with Crippen molar-refractivity contribution in [2.45, 2.75) is 50.8 Å². The number of hydrogen-bond donors (Lipinski definition) is 1. The molecule has 2 rings (SSSR count). The molecule has 106 valence electrons. The first-order valence-electron chi connectivity index (χ1n) is 6.65. The molecule has 2 heterocycles. The van der Waals surface area contributed by atoms with Gasteiger partial charge >= 0.3 is 0 Å². The Kier molecular flexibility index (Phi) is 4.02. The van der Waals surface area contributed by atoms with Crippen molar-refractivity contribution in [1.82, 2.24) is 9.62 Å². The van der Waals surface area contributed by atoms with E-state index in [2.05, 4.69) is 23.5 Å². The molecule has 0 aromatic heterocycles. The van der Waals surface area contributed by atoms with E-state index >= 15 is 0 Å². The maximum absolute atomic E-state index is 11.3. The standard InChI is InChI=1S/C12H24N2O3S/c1-10(2)14-6-5-12(9-14)8-11(4-7-17-12)13-18(3,15)16/h10-11,13H,4-9H2,1-3H3/t11-,12+/m0/s1. The maximum atomic E-state index is 11.3. The average Bonchev–Trinajstić information content (AvgIpc) is 2.59. The van der Waals surface area contributed by atoms with Crippen molar-refractivity contribution >= 4 is 10.0 Å². The third-order valence-corrected chi connectivity index (χ3v) is 4.71. The third-order valence-electron chi connectivity index (χ3n) is 3.95. The summed E-state index contributed by atoms with van der Waals surface area (Å²) in [5.41, 5.74) is -0.134. The molecule has 6 heteroatoms. The number of nitrogens with one attached hydrogen (secondary N) is 1. The van der Waals surface area contributed by atoms with E-state index in [1.807, 2.05) is 0 Å². The summed E-state index contributed by atoms with van der Waals surface area (Å²) in [5, 5.41) is 0. The zero-order chi connectivity index (χ0) is 13.4. The molecule has 0 radical (unpaired) electrons. The lowest BCUT2D eigenvalue weighted by Gasteiger charge is -2.38. The van der Waals surface area contributed by atoms with Crippen LogP contribution in [-0.4, -0.2) is 57.0 Å². The van der Waals surface area contributed by atoms with Crippen LogP contribution in [0.5, 0.6) is 0 Å². The number of hydrogen-bond acceptors (Lipinski definition) is 4. The Balaban J connectivity index is 1.99. The van der Waals surface area contributed by atoms with Gasteiger partial charge in [-0.15, -0.1) is 0 Å². The molecule has 2 atom stereocenters. The Bertz CT molecular complexity index is 396. The van der Waals surface area contributed by atoms with Gasteiger partial charge in [-0.05, 0) is 33.1 Å². The zero-order valence-corrected chi connectivity index (χ0v) is 12.3. The molecule has 1 spiro atoms. The van der Waals surface area contributed by atoms with Crippen LogP contribution in [0.3, 0.4) is 0 Å². The summed E-state index contributed by atoms with van der Waals surface area (Å²) in [6.45, 7) is 7.00. The van der Waals surface area contributed by atoms with Gasteiger partial charge < -0.3 is 4.74 Å². The van der Waals surface area contributed by atoms with E-state index in [-0.39, 0.29) is 11.6 Å². The van der Waals surface area contributed by atoms with Gasteiger partial charge in [-0.25, -0.2) is 13.1 Å². The predicted molar refractivity (Wildman–Crippen MR) is 71.0 cm³/mol. The van der Waals surface area contributed by atoms with Crippen molar-refractivity contribution in [2.24, 2.45) is 0 Å². The van der Waals surface area contributed by atoms with Crippen molar-refractivity contribution in [3.05, 3.63) is 0 Å². The van der Waals surface area contributed by atoms with Crippen LogP contribution in [0, 0.1) is 0 Å². The van der Waals surface area contributed by atoms with E-state index in [1.54, 1.807) is 0 Å². The lowest BCUT2D eigenvalue weighted by Crippen LogP contribution is -2.50.